The van der Waals surface area contributed by atoms with E-state index >= 15 is 0 Å². The second kappa shape index (κ2) is 4.96. The van der Waals surface area contributed by atoms with Crippen molar-refractivity contribution in [2.24, 2.45) is 0 Å². The van der Waals surface area contributed by atoms with Gasteiger partial charge in [0.25, 0.3) is 5.17 Å². The zero-order valence-corrected chi connectivity index (χ0v) is 9.27. The Labute approximate surface area is 90.0 Å². The molecule has 0 aromatic heterocycles. The van der Waals surface area contributed by atoms with Crippen molar-refractivity contribution in [2.75, 3.05) is 0 Å². The molecule has 0 bridgehead atoms. The number of hydrogen-bond donors (Lipinski definition) is 2. The predicted octanol–water partition coefficient (Wildman–Crippen LogP) is 2.74. The van der Waals surface area contributed by atoms with E-state index in [-0.39, 0.29) is 5.17 Å². The first-order chi connectivity index (χ1) is 6.61. The average Bonchev–Trinajstić information content (AvgIpc) is 2.15. The second-order valence-corrected chi connectivity index (χ2v) is 3.90. The first-order valence-electron chi connectivity index (χ1n) is 4.66. The Morgan fingerprint density at radius 1 is 1.43 bits per heavy atom. The summed E-state index contributed by atoms with van der Waals surface area (Å²) < 4.78 is 0. The fraction of sp³-hybridized carbons (Fsp3) is 0.364. The molecule has 1 rings (SSSR count). The van der Waals surface area contributed by atoms with E-state index < -0.39 is 0 Å². The van der Waals surface area contributed by atoms with Crippen LogP contribution in [0.5, 0.6) is 0 Å². The van der Waals surface area contributed by atoms with Crippen LogP contribution in [0.4, 0.5) is 0 Å². The molecule has 0 atom stereocenters. The number of hydrogen-bond acceptors (Lipinski definition) is 1. The Bertz CT molecular complexity index is 323. The Hall–Kier alpha value is -1.09. The first-order valence-corrected chi connectivity index (χ1v) is 5.06. The van der Waals surface area contributed by atoms with Gasteiger partial charge in [0.2, 0.25) is 0 Å². The van der Waals surface area contributed by atoms with Gasteiger partial charge in [0.15, 0.2) is 0 Å². The lowest BCUT2D eigenvalue weighted by Crippen LogP contribution is -2.20. The van der Waals surface area contributed by atoms with Crippen molar-refractivity contribution in [3.63, 3.8) is 0 Å². The molecule has 76 valence electrons. The Balaban J connectivity index is 2.79. The van der Waals surface area contributed by atoms with Crippen LogP contribution >= 0.6 is 12.2 Å². The third-order valence-corrected chi connectivity index (χ3v) is 2.25. The van der Waals surface area contributed by atoms with E-state index in [4.69, 9.17) is 5.11 Å². The zero-order valence-electron chi connectivity index (χ0n) is 8.45. The average molecular weight is 209 g/mol. The summed E-state index contributed by atoms with van der Waals surface area (Å²) in [5.74, 6) is 0.486. The van der Waals surface area contributed by atoms with E-state index in [1.54, 1.807) is 0 Å². The van der Waals surface area contributed by atoms with Crippen molar-refractivity contribution >= 4 is 17.4 Å². The molecule has 14 heavy (non-hydrogen) atoms. The molecule has 3 heteroatoms. The first kappa shape index (κ1) is 11.0. The minimum Gasteiger partial charge on any atom is -0.487 e. The smallest absolute Gasteiger partial charge is 0.254 e. The van der Waals surface area contributed by atoms with Gasteiger partial charge >= 0.3 is 0 Å². The lowest BCUT2D eigenvalue weighted by atomic mass is 9.97. The Morgan fingerprint density at radius 2 is 2.07 bits per heavy atom. The van der Waals surface area contributed by atoms with Crippen molar-refractivity contribution in [3.8, 4) is 0 Å². The molecule has 0 aliphatic heterocycles. The highest BCUT2D eigenvalue weighted by atomic mass is 32.1. The van der Waals surface area contributed by atoms with Gasteiger partial charge in [0, 0.05) is 6.54 Å². The van der Waals surface area contributed by atoms with E-state index in [2.05, 4.69) is 37.4 Å². The van der Waals surface area contributed by atoms with E-state index in [0.717, 1.165) is 0 Å². The monoisotopic (exact) mass is 209 g/mol. The third-order valence-electron chi connectivity index (χ3n) is 2.11. The summed E-state index contributed by atoms with van der Waals surface area (Å²) >= 11 is 4.55. The molecule has 2 nitrogen and oxygen atoms in total. The number of aliphatic hydroxyl groups is 1. The summed E-state index contributed by atoms with van der Waals surface area (Å²) in [7, 11) is 0. The van der Waals surface area contributed by atoms with Crippen LogP contribution in [0.15, 0.2) is 24.3 Å². The standard InChI is InChI=1S/C11H15NOS/c1-8(2)10-6-4-3-5-9(10)7-12-11(13)14/h3-6,8H,7H2,1-2H3,(H2,12,13,14). The van der Waals surface area contributed by atoms with E-state index in [1.165, 1.54) is 11.1 Å². The van der Waals surface area contributed by atoms with Crippen LogP contribution in [0.25, 0.3) is 0 Å². The topological polar surface area (TPSA) is 32.3 Å². The molecule has 2 N–H and O–H groups in total. The second-order valence-electron chi connectivity index (χ2n) is 3.51. The van der Waals surface area contributed by atoms with Gasteiger partial charge in [-0.3, -0.25) is 0 Å². The van der Waals surface area contributed by atoms with Crippen LogP contribution in [0.1, 0.15) is 30.9 Å². The molecule has 0 saturated carbocycles. The minimum absolute atomic E-state index is 0.149. The lowest BCUT2D eigenvalue weighted by molar-refractivity contribution is 0.530. The Kier molecular flexibility index (Phi) is 3.89. The van der Waals surface area contributed by atoms with Gasteiger partial charge in [-0.15, -0.1) is 0 Å². The number of nitrogens with one attached hydrogen (secondary N) is 1. The fourth-order valence-electron chi connectivity index (χ4n) is 1.43. The van der Waals surface area contributed by atoms with Gasteiger partial charge in [-0.05, 0) is 29.3 Å². The predicted molar refractivity (Wildman–Crippen MR) is 62.6 cm³/mol. The number of benzene rings is 1. The van der Waals surface area contributed by atoms with Crippen LogP contribution in [-0.2, 0) is 6.54 Å². The number of aliphatic hydroxyl groups excluding tert-OH is 1. The maximum absolute atomic E-state index is 8.86. The summed E-state index contributed by atoms with van der Waals surface area (Å²) in [4.78, 5) is 0. The zero-order chi connectivity index (χ0) is 10.6. The SMILES string of the molecule is CC(C)c1ccccc1CNC(O)=S. The van der Waals surface area contributed by atoms with Crippen molar-refractivity contribution in [2.45, 2.75) is 26.3 Å². The summed E-state index contributed by atoms with van der Waals surface area (Å²) in [5, 5.41) is 11.5. The molecule has 0 saturated heterocycles. The van der Waals surface area contributed by atoms with E-state index in [9.17, 15) is 0 Å². The fourth-order valence-corrected chi connectivity index (χ4v) is 1.50. The molecular formula is C11H15NOS. The highest BCUT2D eigenvalue weighted by Gasteiger charge is 2.05. The van der Waals surface area contributed by atoms with E-state index in [0.29, 0.717) is 12.5 Å². The van der Waals surface area contributed by atoms with Gasteiger partial charge in [-0.2, -0.15) is 0 Å². The van der Waals surface area contributed by atoms with Crippen LogP contribution in [0, 0.1) is 0 Å². The Morgan fingerprint density at radius 3 is 2.64 bits per heavy atom. The van der Waals surface area contributed by atoms with Crippen molar-refractivity contribution in [3.05, 3.63) is 35.4 Å². The van der Waals surface area contributed by atoms with Crippen molar-refractivity contribution < 1.29 is 5.11 Å². The summed E-state index contributed by atoms with van der Waals surface area (Å²) in [6.07, 6.45) is 0. The molecule has 1 aromatic rings. The maximum atomic E-state index is 8.86. The molecule has 0 spiro atoms. The van der Waals surface area contributed by atoms with Gasteiger partial charge < -0.3 is 10.4 Å². The third kappa shape index (κ3) is 3.00. The molecule has 0 aliphatic rings. The largest absolute Gasteiger partial charge is 0.487 e. The van der Waals surface area contributed by atoms with E-state index in [1.807, 2.05) is 18.2 Å². The van der Waals surface area contributed by atoms with Crippen LogP contribution in [0.3, 0.4) is 0 Å². The molecule has 0 amide bonds. The van der Waals surface area contributed by atoms with Gasteiger partial charge in [0.05, 0.1) is 0 Å². The van der Waals surface area contributed by atoms with Crippen molar-refractivity contribution in [1.82, 2.24) is 5.32 Å². The van der Waals surface area contributed by atoms with Gasteiger partial charge in [-0.25, -0.2) is 0 Å². The molecule has 1 aromatic carbocycles. The van der Waals surface area contributed by atoms with Crippen LogP contribution in [-0.4, -0.2) is 10.3 Å². The minimum atomic E-state index is -0.149. The van der Waals surface area contributed by atoms with Crippen molar-refractivity contribution in [1.29, 1.82) is 0 Å². The van der Waals surface area contributed by atoms with Crippen LogP contribution < -0.4 is 5.32 Å². The van der Waals surface area contributed by atoms with Gasteiger partial charge in [0.1, 0.15) is 0 Å². The summed E-state index contributed by atoms with van der Waals surface area (Å²) in [5.41, 5.74) is 2.47. The summed E-state index contributed by atoms with van der Waals surface area (Å²) in [6.45, 7) is 4.88. The maximum Gasteiger partial charge on any atom is 0.254 e. The molecule has 0 radical (unpaired) electrons. The molecular weight excluding hydrogens is 194 g/mol. The highest BCUT2D eigenvalue weighted by Crippen LogP contribution is 2.18. The molecule has 0 fully saturated rings. The number of thiocarbonyl (C=S) groups is 1. The molecule has 0 unspecified atom stereocenters. The molecule has 0 aliphatic carbocycles. The molecule has 0 heterocycles. The van der Waals surface area contributed by atoms with Crippen LogP contribution in [0.2, 0.25) is 0 Å². The highest BCUT2D eigenvalue weighted by molar-refractivity contribution is 7.79. The normalized spacial score (nSPS) is 10.2. The van der Waals surface area contributed by atoms with Gasteiger partial charge in [-0.1, -0.05) is 38.1 Å². The quantitative estimate of drug-likeness (QED) is 0.751. The number of rotatable bonds is 3. The summed E-state index contributed by atoms with van der Waals surface area (Å²) in [6, 6.07) is 8.15. The lowest BCUT2D eigenvalue weighted by Gasteiger charge is -2.12.